The van der Waals surface area contributed by atoms with Gasteiger partial charge in [-0.3, -0.25) is 0 Å². The molecule has 2 aromatic carbocycles. The van der Waals surface area contributed by atoms with Crippen LogP contribution in [0.25, 0.3) is 17.2 Å². The summed E-state index contributed by atoms with van der Waals surface area (Å²) in [6.07, 6.45) is 4.79. The van der Waals surface area contributed by atoms with Crippen molar-refractivity contribution in [3.05, 3.63) is 83.1 Å². The minimum Gasteiger partial charge on any atom is -0.449 e. The summed E-state index contributed by atoms with van der Waals surface area (Å²) in [5, 5.41) is 5.79. The molecule has 1 fully saturated rings. The summed E-state index contributed by atoms with van der Waals surface area (Å²) < 4.78 is 18.2. The maximum atomic E-state index is 12.9. The van der Waals surface area contributed by atoms with E-state index in [2.05, 4.69) is 44.9 Å². The summed E-state index contributed by atoms with van der Waals surface area (Å²) in [6.45, 7) is 8.40. The van der Waals surface area contributed by atoms with Crippen LogP contribution in [0.15, 0.2) is 66.4 Å². The maximum absolute atomic E-state index is 12.9. The Kier molecular flexibility index (Phi) is 6.98. The second-order valence-corrected chi connectivity index (χ2v) is 10.6. The smallest absolute Gasteiger partial charge is 0.449 e. The van der Waals surface area contributed by atoms with Crippen molar-refractivity contribution in [2.75, 3.05) is 25.5 Å². The largest absolute Gasteiger partial charge is 0.492 e. The number of carbonyl (C=O) groups excluding carboxylic acids is 1. The number of alkyl carbamates (subject to hydrolysis) is 1. The Morgan fingerprint density at radius 1 is 0.974 bits per heavy atom. The van der Waals surface area contributed by atoms with Crippen molar-refractivity contribution in [1.82, 2.24) is 15.3 Å². The first kappa shape index (κ1) is 25.9. The molecule has 3 aromatic rings. The highest BCUT2D eigenvalue weighted by Gasteiger charge is 2.52. The molecule has 5 rings (SSSR count). The van der Waals surface area contributed by atoms with Crippen molar-refractivity contribution in [2.24, 2.45) is 0 Å². The van der Waals surface area contributed by atoms with Gasteiger partial charge < -0.3 is 24.7 Å². The molecular weight excluding hydrogens is 479 g/mol. The average Bonchev–Trinajstić information content (AvgIpc) is 3.34. The molecule has 38 heavy (non-hydrogen) atoms. The van der Waals surface area contributed by atoms with E-state index in [0.717, 1.165) is 11.0 Å². The maximum Gasteiger partial charge on any atom is 0.492 e. The van der Waals surface area contributed by atoms with Crippen molar-refractivity contribution in [3.63, 3.8) is 0 Å². The number of nitrogens with one attached hydrogen (secondary N) is 2. The number of rotatable bonds is 7. The van der Waals surface area contributed by atoms with Crippen LogP contribution in [0.3, 0.4) is 0 Å². The zero-order valence-electron chi connectivity index (χ0n) is 22.4. The lowest BCUT2D eigenvalue weighted by Crippen LogP contribution is -2.41. The van der Waals surface area contributed by atoms with Crippen LogP contribution in [0.4, 0.5) is 10.7 Å². The van der Waals surface area contributed by atoms with Crippen molar-refractivity contribution in [3.8, 4) is 11.1 Å². The minimum absolute atomic E-state index is 0.00546. The SMILES string of the molecule is CNc1ncc(C=C(CNC(=O)OCC2c3ccccc3-c3ccccc32)B2OC(C)(C)C(C)(C)O2)cn1. The predicted octanol–water partition coefficient (Wildman–Crippen LogP) is 5.07. The van der Waals surface area contributed by atoms with E-state index >= 15 is 0 Å². The number of ether oxygens (including phenoxy) is 1. The minimum atomic E-state index is -0.641. The molecule has 0 spiro atoms. The van der Waals surface area contributed by atoms with E-state index in [0.29, 0.717) is 5.95 Å². The number of nitrogens with zero attached hydrogens (tertiary/aromatic N) is 2. The van der Waals surface area contributed by atoms with Crippen LogP contribution in [-0.2, 0) is 14.0 Å². The highest BCUT2D eigenvalue weighted by atomic mass is 16.7. The molecule has 2 N–H and O–H groups in total. The third-order valence-electron chi connectivity index (χ3n) is 7.58. The molecule has 0 bridgehead atoms. The van der Waals surface area contributed by atoms with E-state index in [1.165, 1.54) is 22.3 Å². The van der Waals surface area contributed by atoms with Crippen LogP contribution in [0.2, 0.25) is 0 Å². The van der Waals surface area contributed by atoms with Gasteiger partial charge in [-0.1, -0.05) is 54.6 Å². The van der Waals surface area contributed by atoms with Crippen LogP contribution in [0, 0.1) is 0 Å². The monoisotopic (exact) mass is 512 g/mol. The van der Waals surface area contributed by atoms with E-state index in [4.69, 9.17) is 14.0 Å². The number of fused-ring (bicyclic) bond motifs is 3. The van der Waals surface area contributed by atoms with E-state index in [1.807, 2.05) is 58.0 Å². The summed E-state index contributed by atoms with van der Waals surface area (Å²) >= 11 is 0. The van der Waals surface area contributed by atoms with E-state index < -0.39 is 24.4 Å². The molecule has 1 saturated heterocycles. The molecule has 2 aliphatic rings. The third-order valence-corrected chi connectivity index (χ3v) is 7.58. The van der Waals surface area contributed by atoms with Gasteiger partial charge in [-0.05, 0) is 55.4 Å². The van der Waals surface area contributed by atoms with Crippen LogP contribution in [0.1, 0.15) is 50.3 Å². The standard InChI is InChI=1S/C29H33BN4O4/c1-28(2)29(3,4)38-30(37-28)20(14-19-15-32-26(31-5)33-16-19)17-34-27(35)36-18-25-23-12-8-6-10-21(23)22-11-7-9-13-24(22)25/h6-16,25H,17-18H2,1-5H3,(H,34,35)(H,31,32,33). The van der Waals surface area contributed by atoms with Crippen molar-refractivity contribution in [1.29, 1.82) is 0 Å². The molecule has 0 atom stereocenters. The Bertz CT molecular complexity index is 1300. The molecule has 1 aliphatic heterocycles. The lowest BCUT2D eigenvalue weighted by atomic mass is 9.77. The Morgan fingerprint density at radius 2 is 1.53 bits per heavy atom. The molecular formula is C29H33BN4O4. The van der Waals surface area contributed by atoms with E-state index in [-0.39, 0.29) is 19.1 Å². The summed E-state index contributed by atoms with van der Waals surface area (Å²) in [6, 6.07) is 16.5. The van der Waals surface area contributed by atoms with Crippen LogP contribution < -0.4 is 10.6 Å². The fraction of sp³-hybridized carbons (Fsp3) is 0.345. The molecule has 2 heterocycles. The number of aromatic nitrogens is 2. The second-order valence-electron chi connectivity index (χ2n) is 10.6. The predicted molar refractivity (Wildman–Crippen MR) is 149 cm³/mol. The third kappa shape index (κ3) is 5.04. The molecule has 0 unspecified atom stereocenters. The summed E-state index contributed by atoms with van der Waals surface area (Å²) in [5.74, 6) is 0.519. The fourth-order valence-electron chi connectivity index (χ4n) is 4.78. The molecule has 9 heteroatoms. The normalized spacial score (nSPS) is 17.6. The van der Waals surface area contributed by atoms with Crippen molar-refractivity contribution < 1.29 is 18.8 Å². The van der Waals surface area contributed by atoms with Gasteiger partial charge in [0, 0.05) is 37.5 Å². The number of benzene rings is 2. The zero-order valence-corrected chi connectivity index (χ0v) is 22.4. The zero-order chi connectivity index (χ0) is 26.9. The van der Waals surface area contributed by atoms with Crippen molar-refractivity contribution >= 4 is 25.2 Å². The van der Waals surface area contributed by atoms with Crippen molar-refractivity contribution in [2.45, 2.75) is 44.8 Å². The van der Waals surface area contributed by atoms with Gasteiger partial charge in [0.15, 0.2) is 0 Å². The number of hydrogen-bond donors (Lipinski definition) is 2. The van der Waals surface area contributed by atoms with Gasteiger partial charge in [0.25, 0.3) is 0 Å². The lowest BCUT2D eigenvalue weighted by Gasteiger charge is -2.32. The average molecular weight is 512 g/mol. The Morgan fingerprint density at radius 3 is 2.08 bits per heavy atom. The van der Waals surface area contributed by atoms with Gasteiger partial charge in [-0.25, -0.2) is 14.8 Å². The Hall–Kier alpha value is -3.69. The van der Waals surface area contributed by atoms with Gasteiger partial charge in [-0.2, -0.15) is 0 Å². The van der Waals surface area contributed by atoms with Gasteiger partial charge in [0.05, 0.1) is 11.2 Å². The van der Waals surface area contributed by atoms with Crippen LogP contribution in [-0.4, -0.2) is 54.6 Å². The highest BCUT2D eigenvalue weighted by Crippen LogP contribution is 2.44. The molecule has 8 nitrogen and oxygen atoms in total. The number of amides is 1. The fourth-order valence-corrected chi connectivity index (χ4v) is 4.78. The number of hydrogen-bond acceptors (Lipinski definition) is 7. The van der Waals surface area contributed by atoms with Gasteiger partial charge in [-0.15, -0.1) is 0 Å². The van der Waals surface area contributed by atoms with Crippen LogP contribution >= 0.6 is 0 Å². The second kappa shape index (κ2) is 10.2. The van der Waals surface area contributed by atoms with Gasteiger partial charge >= 0.3 is 13.2 Å². The first-order chi connectivity index (χ1) is 18.2. The molecule has 1 aromatic heterocycles. The quantitative estimate of drug-likeness (QED) is 0.427. The number of anilines is 1. The first-order valence-electron chi connectivity index (χ1n) is 12.8. The van der Waals surface area contributed by atoms with Gasteiger partial charge in [0.1, 0.15) is 6.61 Å². The molecule has 196 valence electrons. The van der Waals surface area contributed by atoms with E-state index in [1.54, 1.807) is 19.4 Å². The van der Waals surface area contributed by atoms with Gasteiger partial charge in [0.2, 0.25) is 5.95 Å². The Labute approximate surface area is 224 Å². The molecule has 0 radical (unpaired) electrons. The molecule has 1 aliphatic carbocycles. The highest BCUT2D eigenvalue weighted by molar-refractivity contribution is 6.56. The topological polar surface area (TPSA) is 94.6 Å². The first-order valence-corrected chi connectivity index (χ1v) is 12.8. The lowest BCUT2D eigenvalue weighted by molar-refractivity contribution is 0.00578. The number of carbonyl (C=O) groups is 1. The summed E-state index contributed by atoms with van der Waals surface area (Å²) in [5.41, 5.74) is 5.18. The summed E-state index contributed by atoms with van der Waals surface area (Å²) in [4.78, 5) is 21.4. The Balaban J connectivity index is 1.29. The van der Waals surface area contributed by atoms with Crippen LogP contribution in [0.5, 0.6) is 0 Å². The van der Waals surface area contributed by atoms with E-state index in [9.17, 15) is 4.79 Å². The molecule has 0 saturated carbocycles. The summed E-state index contributed by atoms with van der Waals surface area (Å²) in [7, 11) is 1.12. The molecule has 1 amide bonds.